The predicted molar refractivity (Wildman–Crippen MR) is 74.4 cm³/mol. The third-order valence-corrected chi connectivity index (χ3v) is 3.69. The third kappa shape index (κ3) is 1.91. The van der Waals surface area contributed by atoms with Gasteiger partial charge in [0, 0.05) is 23.6 Å². The molecule has 2 aromatic rings. The number of Topliss-reactive ketones (excluding diaryl/α,β-unsaturated/α-hetero) is 1. The smallest absolute Gasteiger partial charge is 0.297 e. The van der Waals surface area contributed by atoms with Crippen molar-refractivity contribution in [3.05, 3.63) is 36.0 Å². The van der Waals surface area contributed by atoms with Gasteiger partial charge in [0.05, 0.1) is 12.2 Å². The first-order chi connectivity index (χ1) is 9.50. The van der Waals surface area contributed by atoms with Gasteiger partial charge in [0.1, 0.15) is 5.72 Å². The van der Waals surface area contributed by atoms with Crippen molar-refractivity contribution in [1.82, 2.24) is 9.88 Å². The molecular weight excluding hydrogens is 256 g/mol. The quantitative estimate of drug-likeness (QED) is 0.671. The molecule has 104 valence electrons. The number of para-hydroxylation sites is 1. The molecule has 5 nitrogen and oxygen atoms in total. The fraction of sp³-hybridized carbons (Fsp3) is 0.333. The highest BCUT2D eigenvalue weighted by Gasteiger charge is 2.39. The number of rotatable bonds is 2. The Kier molecular flexibility index (Phi) is 2.87. The normalized spacial score (nSPS) is 17.6. The molecule has 1 aliphatic rings. The molecule has 2 heterocycles. The van der Waals surface area contributed by atoms with Crippen LogP contribution in [0, 0.1) is 0 Å². The number of hydrogen-bond donors (Lipinski definition) is 1. The largest absolute Gasteiger partial charge is 0.360 e. The second-order valence-electron chi connectivity index (χ2n) is 5.33. The molecule has 1 aliphatic heterocycles. The van der Waals surface area contributed by atoms with Crippen molar-refractivity contribution in [1.29, 1.82) is 0 Å². The number of aromatic amines is 1. The highest BCUT2D eigenvalue weighted by molar-refractivity contribution is 6.45. The molecule has 20 heavy (non-hydrogen) atoms. The number of aromatic nitrogens is 1. The van der Waals surface area contributed by atoms with Crippen molar-refractivity contribution in [2.75, 3.05) is 13.2 Å². The molecule has 3 rings (SSSR count). The van der Waals surface area contributed by atoms with Crippen molar-refractivity contribution >= 4 is 22.6 Å². The molecule has 0 radical (unpaired) electrons. The molecule has 0 spiro atoms. The first-order valence-corrected chi connectivity index (χ1v) is 6.57. The van der Waals surface area contributed by atoms with E-state index in [1.165, 1.54) is 4.90 Å². The zero-order valence-corrected chi connectivity index (χ0v) is 11.5. The average molecular weight is 272 g/mol. The number of H-pyrrole nitrogens is 1. The number of fused-ring (bicyclic) bond motifs is 1. The number of amides is 1. The number of carbonyl (C=O) groups excluding carboxylic acids is 2. The van der Waals surface area contributed by atoms with Crippen molar-refractivity contribution in [3.8, 4) is 0 Å². The SMILES string of the molecule is CC1(C)OCCN1C(=O)C(=O)c1c[nH]c2ccccc12. The van der Waals surface area contributed by atoms with Crippen LogP contribution in [0.3, 0.4) is 0 Å². The van der Waals surface area contributed by atoms with Gasteiger partial charge in [-0.15, -0.1) is 0 Å². The molecule has 5 heteroatoms. The first kappa shape index (κ1) is 12.9. The van der Waals surface area contributed by atoms with Crippen LogP contribution in [0.25, 0.3) is 10.9 Å². The van der Waals surface area contributed by atoms with Gasteiger partial charge in [-0.1, -0.05) is 18.2 Å². The maximum absolute atomic E-state index is 12.4. The molecule has 1 aromatic carbocycles. The second-order valence-corrected chi connectivity index (χ2v) is 5.33. The lowest BCUT2D eigenvalue weighted by Crippen LogP contribution is -2.46. The molecule has 0 bridgehead atoms. The molecule has 0 aliphatic carbocycles. The summed E-state index contributed by atoms with van der Waals surface area (Å²) in [6, 6.07) is 7.43. The summed E-state index contributed by atoms with van der Waals surface area (Å²) in [5, 5.41) is 0.767. The van der Waals surface area contributed by atoms with Gasteiger partial charge in [0.15, 0.2) is 0 Å². The minimum atomic E-state index is -0.723. The highest BCUT2D eigenvalue weighted by Crippen LogP contribution is 2.25. The summed E-state index contributed by atoms with van der Waals surface area (Å²) in [6.45, 7) is 4.49. The van der Waals surface area contributed by atoms with Crippen LogP contribution in [0.1, 0.15) is 24.2 Å². The van der Waals surface area contributed by atoms with E-state index in [1.54, 1.807) is 20.0 Å². The summed E-state index contributed by atoms with van der Waals surface area (Å²) in [7, 11) is 0. The fourth-order valence-corrected chi connectivity index (χ4v) is 2.58. The lowest BCUT2D eigenvalue weighted by molar-refractivity contribution is -0.138. The van der Waals surface area contributed by atoms with E-state index >= 15 is 0 Å². The molecule has 0 atom stereocenters. The molecule has 1 N–H and O–H groups in total. The molecule has 1 aromatic heterocycles. The van der Waals surface area contributed by atoms with E-state index in [1.807, 2.05) is 24.3 Å². The summed E-state index contributed by atoms with van der Waals surface area (Å²) in [6.07, 6.45) is 1.59. The van der Waals surface area contributed by atoms with Crippen LogP contribution in [0.5, 0.6) is 0 Å². The minimum Gasteiger partial charge on any atom is -0.360 e. The van der Waals surface area contributed by atoms with E-state index in [9.17, 15) is 9.59 Å². The average Bonchev–Trinajstić information content (AvgIpc) is 3.00. The first-order valence-electron chi connectivity index (χ1n) is 6.57. The maximum Gasteiger partial charge on any atom is 0.297 e. The Balaban J connectivity index is 1.95. The van der Waals surface area contributed by atoms with E-state index in [-0.39, 0.29) is 0 Å². The lowest BCUT2D eigenvalue weighted by atomic mass is 10.1. The Bertz CT molecular complexity index is 687. The van der Waals surface area contributed by atoms with Gasteiger partial charge in [-0.25, -0.2) is 0 Å². The van der Waals surface area contributed by atoms with Crippen LogP contribution in [-0.4, -0.2) is 40.5 Å². The molecule has 1 fully saturated rings. The van der Waals surface area contributed by atoms with Gasteiger partial charge in [0.25, 0.3) is 11.7 Å². The number of carbonyl (C=O) groups is 2. The van der Waals surface area contributed by atoms with Crippen LogP contribution in [0.2, 0.25) is 0 Å². The number of ether oxygens (including phenoxy) is 1. The van der Waals surface area contributed by atoms with Crippen LogP contribution >= 0.6 is 0 Å². The topological polar surface area (TPSA) is 62.4 Å². The van der Waals surface area contributed by atoms with Gasteiger partial charge in [-0.2, -0.15) is 0 Å². The Morgan fingerprint density at radius 2 is 2.05 bits per heavy atom. The number of benzene rings is 1. The molecule has 1 saturated heterocycles. The van der Waals surface area contributed by atoms with Crippen molar-refractivity contribution < 1.29 is 14.3 Å². The summed E-state index contributed by atoms with van der Waals surface area (Å²) in [5.74, 6) is -1.02. The lowest BCUT2D eigenvalue weighted by Gasteiger charge is -2.29. The van der Waals surface area contributed by atoms with E-state index < -0.39 is 17.4 Å². The second kappa shape index (κ2) is 4.45. The Morgan fingerprint density at radius 1 is 1.30 bits per heavy atom. The van der Waals surface area contributed by atoms with Gasteiger partial charge in [0.2, 0.25) is 0 Å². The molecule has 0 unspecified atom stereocenters. The Hall–Kier alpha value is -2.14. The van der Waals surface area contributed by atoms with Crippen LogP contribution < -0.4 is 0 Å². The highest BCUT2D eigenvalue weighted by atomic mass is 16.5. The Morgan fingerprint density at radius 3 is 2.75 bits per heavy atom. The van der Waals surface area contributed by atoms with Crippen molar-refractivity contribution in [2.24, 2.45) is 0 Å². The third-order valence-electron chi connectivity index (χ3n) is 3.69. The summed E-state index contributed by atoms with van der Waals surface area (Å²) < 4.78 is 5.47. The van der Waals surface area contributed by atoms with Crippen LogP contribution in [0.15, 0.2) is 30.5 Å². The Labute approximate surface area is 116 Å². The zero-order chi connectivity index (χ0) is 14.3. The standard InChI is InChI=1S/C15H16N2O3/c1-15(2)17(7-8-20-15)14(19)13(18)11-9-16-12-6-4-3-5-10(11)12/h3-6,9,16H,7-8H2,1-2H3. The van der Waals surface area contributed by atoms with Crippen molar-refractivity contribution in [3.63, 3.8) is 0 Å². The van der Waals surface area contributed by atoms with E-state index in [4.69, 9.17) is 4.74 Å². The van der Waals surface area contributed by atoms with Crippen LogP contribution in [-0.2, 0) is 9.53 Å². The number of hydrogen-bond acceptors (Lipinski definition) is 3. The van der Waals surface area contributed by atoms with Gasteiger partial charge < -0.3 is 14.6 Å². The predicted octanol–water partition coefficient (Wildman–Crippen LogP) is 1.95. The van der Waals surface area contributed by atoms with Crippen molar-refractivity contribution in [2.45, 2.75) is 19.6 Å². The number of nitrogens with one attached hydrogen (secondary N) is 1. The van der Waals surface area contributed by atoms with Gasteiger partial charge in [-0.3, -0.25) is 9.59 Å². The van der Waals surface area contributed by atoms with Gasteiger partial charge >= 0.3 is 0 Å². The van der Waals surface area contributed by atoms with Crippen LogP contribution in [0.4, 0.5) is 0 Å². The zero-order valence-electron chi connectivity index (χ0n) is 11.5. The van der Waals surface area contributed by atoms with E-state index in [2.05, 4.69) is 4.98 Å². The number of ketones is 1. The fourth-order valence-electron chi connectivity index (χ4n) is 2.58. The summed E-state index contributed by atoms with van der Waals surface area (Å²) >= 11 is 0. The van der Waals surface area contributed by atoms with Gasteiger partial charge in [-0.05, 0) is 19.9 Å². The summed E-state index contributed by atoms with van der Waals surface area (Å²) in [5.41, 5.74) is 0.535. The summed E-state index contributed by atoms with van der Waals surface area (Å²) in [4.78, 5) is 29.3. The van der Waals surface area contributed by atoms with E-state index in [0.717, 1.165) is 10.9 Å². The van der Waals surface area contributed by atoms with E-state index in [0.29, 0.717) is 18.7 Å². The molecule has 1 amide bonds. The monoisotopic (exact) mass is 272 g/mol. The molecular formula is C15H16N2O3. The molecule has 0 saturated carbocycles. The minimum absolute atomic E-state index is 0.410. The number of nitrogens with zero attached hydrogens (tertiary/aromatic N) is 1. The maximum atomic E-state index is 12.4.